The zero-order valence-corrected chi connectivity index (χ0v) is 24.1. The summed E-state index contributed by atoms with van der Waals surface area (Å²) in [6.07, 6.45) is -1.87. The predicted octanol–water partition coefficient (Wildman–Crippen LogP) is 5.55. The number of hydrogen-bond donors (Lipinski definition) is 2. The molecule has 1 saturated heterocycles. The number of carbonyl (C=O) groups excluding carboxylic acids is 1. The summed E-state index contributed by atoms with van der Waals surface area (Å²) in [5.41, 5.74) is 0.550. The first kappa shape index (κ1) is 31.0. The van der Waals surface area contributed by atoms with E-state index in [9.17, 15) is 31.5 Å². The number of aliphatic carboxylic acids is 1. The summed E-state index contributed by atoms with van der Waals surface area (Å²) in [4.78, 5) is 34.3. The van der Waals surface area contributed by atoms with Crippen LogP contribution in [0.1, 0.15) is 49.2 Å². The first-order valence-electron chi connectivity index (χ1n) is 12.6. The highest BCUT2D eigenvalue weighted by molar-refractivity contribution is 9.10. The summed E-state index contributed by atoms with van der Waals surface area (Å²) in [7, 11) is 0. The largest absolute Gasteiger partial charge is 0.481 e. The van der Waals surface area contributed by atoms with Crippen LogP contribution in [0, 0.1) is 5.82 Å². The number of amidine groups is 1. The molecule has 2 aromatic rings. The highest BCUT2D eigenvalue weighted by Gasteiger charge is 2.47. The van der Waals surface area contributed by atoms with Crippen molar-refractivity contribution < 1.29 is 41.4 Å². The molecule has 0 aliphatic carbocycles. The van der Waals surface area contributed by atoms with E-state index in [-0.39, 0.29) is 30.3 Å². The van der Waals surface area contributed by atoms with Crippen molar-refractivity contribution in [2.75, 3.05) is 19.7 Å². The second kappa shape index (κ2) is 12.5. The molecule has 0 bridgehead atoms. The molecule has 3 heterocycles. The third-order valence-electron chi connectivity index (χ3n) is 6.61. The normalized spacial score (nSPS) is 21.0. The molecule has 15 heteroatoms. The number of aromatic nitrogens is 1. The Morgan fingerprint density at radius 1 is 1.34 bits per heavy atom. The summed E-state index contributed by atoms with van der Waals surface area (Å²) < 4.78 is 77.0. The molecule has 0 spiro atoms. The molecule has 0 radical (unpaired) electrons. The van der Waals surface area contributed by atoms with E-state index in [2.05, 4.69) is 31.2 Å². The van der Waals surface area contributed by atoms with Gasteiger partial charge >= 0.3 is 11.9 Å². The summed E-state index contributed by atoms with van der Waals surface area (Å²) in [6.45, 7) is 0.547. The van der Waals surface area contributed by atoms with Gasteiger partial charge in [-0.1, -0.05) is 22.0 Å². The smallest absolute Gasteiger partial charge is 0.338 e. The molecule has 0 unspecified atom stereocenters. The van der Waals surface area contributed by atoms with Gasteiger partial charge in [0.1, 0.15) is 18.3 Å². The van der Waals surface area contributed by atoms with Crippen LogP contribution in [0.15, 0.2) is 50.5 Å². The van der Waals surface area contributed by atoms with Crippen LogP contribution in [-0.4, -0.2) is 70.3 Å². The van der Waals surface area contributed by atoms with Gasteiger partial charge in [0.15, 0.2) is 10.8 Å². The van der Waals surface area contributed by atoms with Gasteiger partial charge in [0.25, 0.3) is 11.8 Å². The fourth-order valence-electron chi connectivity index (χ4n) is 4.89. The molecule has 222 valence electrons. The van der Waals surface area contributed by atoms with Gasteiger partial charge in [-0.2, -0.15) is 0 Å². The van der Waals surface area contributed by atoms with E-state index in [4.69, 9.17) is 9.84 Å². The fourth-order valence-corrected chi connectivity index (χ4v) is 6.05. The number of ether oxygens (including phenoxy) is 1. The van der Waals surface area contributed by atoms with E-state index in [0.29, 0.717) is 15.0 Å². The molecule has 1 fully saturated rings. The van der Waals surface area contributed by atoms with Gasteiger partial charge in [-0.25, -0.2) is 31.7 Å². The third kappa shape index (κ3) is 7.68. The van der Waals surface area contributed by atoms with Crippen molar-refractivity contribution in [1.29, 1.82) is 0 Å². The minimum absolute atomic E-state index is 0.000950. The van der Waals surface area contributed by atoms with Crippen molar-refractivity contribution in [2.45, 2.75) is 56.5 Å². The number of carboxylic acids is 1. The molecule has 8 nitrogen and oxygen atoms in total. The van der Waals surface area contributed by atoms with Gasteiger partial charge in [-0.15, -0.1) is 11.3 Å². The zero-order chi connectivity index (χ0) is 29.9. The summed E-state index contributed by atoms with van der Waals surface area (Å²) >= 11 is 4.55. The predicted molar refractivity (Wildman–Crippen MR) is 144 cm³/mol. The molecule has 1 aromatic carbocycles. The van der Waals surface area contributed by atoms with Gasteiger partial charge in [0, 0.05) is 47.2 Å². The molecule has 41 heavy (non-hydrogen) atoms. The Morgan fingerprint density at radius 2 is 2.10 bits per heavy atom. The number of esters is 1. The van der Waals surface area contributed by atoms with Crippen LogP contribution < -0.4 is 5.32 Å². The van der Waals surface area contributed by atoms with Crippen molar-refractivity contribution in [3.8, 4) is 0 Å². The molecule has 0 saturated carbocycles. The van der Waals surface area contributed by atoms with Crippen molar-refractivity contribution in [1.82, 2.24) is 15.2 Å². The van der Waals surface area contributed by atoms with E-state index in [1.807, 2.05) is 0 Å². The quantitative estimate of drug-likeness (QED) is 0.240. The second-order valence-electron chi connectivity index (χ2n) is 9.71. The van der Waals surface area contributed by atoms with Crippen LogP contribution in [-0.2, 0) is 14.3 Å². The molecule has 2 aliphatic heterocycles. The molecule has 4 rings (SSSR count). The average molecular weight is 665 g/mol. The molecule has 0 amide bonds. The zero-order valence-electron chi connectivity index (χ0n) is 21.7. The SMILES string of the molecule is CCOC(=O)C1=C(CN2CC(F)(F)C[C@H]2CCC(F)(F)CC(=O)O)NC(c2nccs2)=N[C@H]1c1ccc(F)cc1Br. The average Bonchev–Trinajstić information content (AvgIpc) is 3.49. The Labute approximate surface area is 244 Å². The number of nitrogens with one attached hydrogen (secondary N) is 1. The standard InChI is InChI=1S/C26H26BrF5N4O4S/c1-2-40-24(39)20-18(12-36-13-26(31,32)10-15(36)5-6-25(29,30)11-19(37)38)34-22(23-33-7-8-41-23)35-21(20)16-4-3-14(28)9-17(16)27/h3-4,7-9,15,21H,2,5-6,10-13H2,1H3,(H,34,35)(H,37,38)/t15-,21+/m1/s1. The van der Waals surface area contributed by atoms with Crippen molar-refractivity contribution >= 4 is 45.0 Å². The van der Waals surface area contributed by atoms with Crippen LogP contribution in [0.5, 0.6) is 0 Å². The van der Waals surface area contributed by atoms with Crippen LogP contribution in [0.25, 0.3) is 0 Å². The lowest BCUT2D eigenvalue weighted by molar-refractivity contribution is -0.145. The number of rotatable bonds is 11. The number of thiazole rings is 1. The number of carboxylic acid groups (broad SMARTS) is 1. The molecule has 1 aromatic heterocycles. The maximum atomic E-state index is 14.6. The Hall–Kier alpha value is -2.91. The van der Waals surface area contributed by atoms with E-state index < -0.39 is 73.9 Å². The Kier molecular flexibility index (Phi) is 9.49. The maximum Gasteiger partial charge on any atom is 0.338 e. The van der Waals surface area contributed by atoms with Gasteiger partial charge in [0.05, 0.1) is 18.7 Å². The number of benzene rings is 1. The minimum atomic E-state index is -3.57. The number of nitrogens with zero attached hydrogens (tertiary/aromatic N) is 3. The summed E-state index contributed by atoms with van der Waals surface area (Å²) in [5, 5.41) is 13.9. The molecule has 2 atom stereocenters. The number of aliphatic imine (C=N–C) groups is 1. The number of hydrogen-bond acceptors (Lipinski definition) is 8. The Balaban J connectivity index is 1.74. The van der Waals surface area contributed by atoms with E-state index >= 15 is 0 Å². The first-order chi connectivity index (χ1) is 19.3. The van der Waals surface area contributed by atoms with Crippen molar-refractivity contribution in [3.63, 3.8) is 0 Å². The first-order valence-corrected chi connectivity index (χ1v) is 14.3. The van der Waals surface area contributed by atoms with Crippen molar-refractivity contribution in [3.05, 3.63) is 61.9 Å². The molecular weight excluding hydrogens is 639 g/mol. The van der Waals surface area contributed by atoms with Crippen LogP contribution in [0.4, 0.5) is 22.0 Å². The van der Waals surface area contributed by atoms with Crippen molar-refractivity contribution in [2.24, 2.45) is 4.99 Å². The lowest BCUT2D eigenvalue weighted by Crippen LogP contribution is -2.42. The highest BCUT2D eigenvalue weighted by Crippen LogP contribution is 2.40. The van der Waals surface area contributed by atoms with Gasteiger partial charge in [0.2, 0.25) is 0 Å². The third-order valence-corrected chi connectivity index (χ3v) is 8.08. The molecular formula is C26H26BrF5N4O4S. The number of halogens is 6. The van der Waals surface area contributed by atoms with Gasteiger partial charge < -0.3 is 15.2 Å². The van der Waals surface area contributed by atoms with E-state index in [1.54, 1.807) is 12.3 Å². The Bertz CT molecular complexity index is 1360. The topological polar surface area (TPSA) is 104 Å². The lowest BCUT2D eigenvalue weighted by atomic mass is 9.95. The van der Waals surface area contributed by atoms with Crippen LogP contribution in [0.3, 0.4) is 0 Å². The van der Waals surface area contributed by atoms with Crippen LogP contribution >= 0.6 is 27.3 Å². The maximum absolute atomic E-state index is 14.6. The number of carbonyl (C=O) groups is 2. The number of likely N-dealkylation sites (tertiary alicyclic amines) is 1. The fraction of sp³-hybridized carbons (Fsp3) is 0.462. The van der Waals surface area contributed by atoms with Crippen LogP contribution in [0.2, 0.25) is 0 Å². The highest BCUT2D eigenvalue weighted by atomic mass is 79.9. The van der Waals surface area contributed by atoms with E-state index in [0.717, 1.165) is 0 Å². The van der Waals surface area contributed by atoms with E-state index in [1.165, 1.54) is 40.6 Å². The monoisotopic (exact) mass is 664 g/mol. The molecule has 2 aliphatic rings. The number of alkyl halides is 4. The summed E-state index contributed by atoms with van der Waals surface area (Å²) in [6, 6.07) is 1.76. The lowest BCUT2D eigenvalue weighted by Gasteiger charge is -2.31. The molecule has 2 N–H and O–H groups in total. The Morgan fingerprint density at radius 3 is 2.73 bits per heavy atom. The summed E-state index contributed by atoms with van der Waals surface area (Å²) in [5.74, 6) is -9.54. The minimum Gasteiger partial charge on any atom is -0.481 e. The van der Waals surface area contributed by atoms with Gasteiger partial charge in [-0.05, 0) is 31.0 Å². The second-order valence-corrected chi connectivity index (χ2v) is 11.5. The van der Waals surface area contributed by atoms with Gasteiger partial charge in [-0.3, -0.25) is 14.7 Å².